The summed E-state index contributed by atoms with van der Waals surface area (Å²) >= 11 is 0. The maximum absolute atomic E-state index is 12.5. The predicted molar refractivity (Wildman–Crippen MR) is 117 cm³/mol. The number of amides is 2. The first-order valence-corrected chi connectivity index (χ1v) is 10.4. The molecule has 33 heavy (non-hydrogen) atoms. The molecule has 0 fully saturated rings. The Balaban J connectivity index is 1.39. The van der Waals surface area contributed by atoms with E-state index in [1.54, 1.807) is 7.05 Å². The van der Waals surface area contributed by atoms with Gasteiger partial charge in [0.05, 0.1) is 13.0 Å². The Bertz CT molecular complexity index is 1150. The molecule has 3 N–H and O–H groups in total. The second-order valence-corrected chi connectivity index (χ2v) is 7.64. The lowest BCUT2D eigenvalue weighted by Crippen LogP contribution is -2.48. The second kappa shape index (κ2) is 9.51. The number of hydrogen-bond donors (Lipinski definition) is 3. The van der Waals surface area contributed by atoms with Gasteiger partial charge in [0, 0.05) is 13.0 Å². The number of nitrogens with zero attached hydrogens (tertiary/aromatic N) is 3. The van der Waals surface area contributed by atoms with E-state index in [1.165, 1.54) is 11.0 Å². The lowest BCUT2D eigenvalue weighted by atomic mass is 9.98. The van der Waals surface area contributed by atoms with E-state index in [1.807, 2.05) is 48.5 Å². The summed E-state index contributed by atoms with van der Waals surface area (Å²) in [5, 5.41) is 18.0. The third kappa shape index (κ3) is 4.84. The molecule has 0 spiro atoms. The molecular weight excluding hydrogens is 426 g/mol. The Labute approximate surface area is 189 Å². The molecule has 10 nitrogen and oxygen atoms in total. The highest BCUT2D eigenvalue weighted by Crippen LogP contribution is 2.44. The molecule has 2 amide bonds. The normalized spacial score (nSPS) is 13.0. The number of benzene rings is 2. The third-order valence-corrected chi connectivity index (χ3v) is 5.56. The Morgan fingerprint density at radius 2 is 1.73 bits per heavy atom. The number of ether oxygens (including phenoxy) is 1. The standard InChI is InChI=1S/C23H23N5O5/c1-28-20(25-13-26-28)11-24-22(31)19(10-21(29)30)27-23(32)33-12-18-16-8-4-2-6-14(16)15-7-3-5-9-17(15)18/h2-9,13,18-19H,10-12H2,1H3,(H,24,31)(H,27,32)(H,29,30). The Morgan fingerprint density at radius 3 is 2.30 bits per heavy atom. The second-order valence-electron chi connectivity index (χ2n) is 7.64. The zero-order chi connectivity index (χ0) is 23.4. The van der Waals surface area contributed by atoms with Crippen molar-refractivity contribution in [3.63, 3.8) is 0 Å². The van der Waals surface area contributed by atoms with Gasteiger partial charge in [-0.25, -0.2) is 9.78 Å². The fraction of sp³-hybridized carbons (Fsp3) is 0.261. The number of carbonyl (C=O) groups is 3. The molecule has 1 unspecified atom stereocenters. The van der Waals surface area contributed by atoms with Crippen LogP contribution >= 0.6 is 0 Å². The molecule has 4 rings (SSSR count). The summed E-state index contributed by atoms with van der Waals surface area (Å²) in [5.74, 6) is -1.55. The Kier molecular flexibility index (Phi) is 6.34. The topological polar surface area (TPSA) is 135 Å². The first-order valence-electron chi connectivity index (χ1n) is 10.4. The van der Waals surface area contributed by atoms with Crippen molar-refractivity contribution in [1.29, 1.82) is 0 Å². The van der Waals surface area contributed by atoms with Crippen LogP contribution in [0.2, 0.25) is 0 Å². The fourth-order valence-electron chi connectivity index (χ4n) is 3.94. The molecule has 2 aromatic carbocycles. The minimum absolute atomic E-state index is 0.0395. The van der Waals surface area contributed by atoms with E-state index in [2.05, 4.69) is 20.7 Å². The minimum Gasteiger partial charge on any atom is -0.481 e. The molecule has 10 heteroatoms. The molecule has 170 valence electrons. The van der Waals surface area contributed by atoms with Crippen LogP contribution in [0.25, 0.3) is 11.1 Å². The molecule has 0 aliphatic heterocycles. The number of alkyl carbamates (subject to hydrolysis) is 1. The number of carboxylic acid groups (broad SMARTS) is 1. The molecule has 1 aromatic heterocycles. The highest BCUT2D eigenvalue weighted by atomic mass is 16.5. The van der Waals surface area contributed by atoms with Gasteiger partial charge in [0.1, 0.15) is 24.8 Å². The van der Waals surface area contributed by atoms with Crippen LogP contribution in [0.5, 0.6) is 0 Å². The summed E-state index contributed by atoms with van der Waals surface area (Å²) in [7, 11) is 1.66. The fourth-order valence-corrected chi connectivity index (χ4v) is 3.94. The number of fused-ring (bicyclic) bond motifs is 3. The third-order valence-electron chi connectivity index (χ3n) is 5.56. The van der Waals surface area contributed by atoms with Crippen LogP contribution in [0.1, 0.15) is 29.3 Å². The van der Waals surface area contributed by atoms with Gasteiger partial charge in [-0.05, 0) is 22.3 Å². The minimum atomic E-state index is -1.30. The van der Waals surface area contributed by atoms with Crippen LogP contribution in [-0.2, 0) is 27.9 Å². The van der Waals surface area contributed by atoms with Crippen molar-refractivity contribution >= 4 is 18.0 Å². The van der Waals surface area contributed by atoms with Gasteiger partial charge in [-0.3, -0.25) is 14.3 Å². The highest BCUT2D eigenvalue weighted by molar-refractivity contribution is 5.89. The largest absolute Gasteiger partial charge is 0.481 e. The lowest BCUT2D eigenvalue weighted by molar-refractivity contribution is -0.139. The Hall–Kier alpha value is -4.21. The van der Waals surface area contributed by atoms with E-state index in [4.69, 9.17) is 9.84 Å². The smallest absolute Gasteiger partial charge is 0.407 e. The first-order chi connectivity index (χ1) is 15.9. The molecule has 1 atom stereocenters. The van der Waals surface area contributed by atoms with Crippen LogP contribution < -0.4 is 10.6 Å². The number of rotatable bonds is 8. The van der Waals surface area contributed by atoms with Crippen molar-refractivity contribution in [1.82, 2.24) is 25.4 Å². The highest BCUT2D eigenvalue weighted by Gasteiger charge is 2.30. The zero-order valence-electron chi connectivity index (χ0n) is 17.9. The number of aliphatic carboxylic acids is 1. The molecule has 1 aliphatic carbocycles. The summed E-state index contributed by atoms with van der Waals surface area (Å²) in [5.41, 5.74) is 4.29. The van der Waals surface area contributed by atoms with E-state index in [-0.39, 0.29) is 19.1 Å². The van der Waals surface area contributed by atoms with Crippen LogP contribution in [0.4, 0.5) is 4.79 Å². The van der Waals surface area contributed by atoms with E-state index in [0.717, 1.165) is 22.3 Å². The summed E-state index contributed by atoms with van der Waals surface area (Å²) in [6, 6.07) is 14.5. The van der Waals surface area contributed by atoms with Crippen molar-refractivity contribution in [3.05, 3.63) is 71.8 Å². The summed E-state index contributed by atoms with van der Waals surface area (Å²) < 4.78 is 6.90. The Morgan fingerprint density at radius 1 is 1.09 bits per heavy atom. The van der Waals surface area contributed by atoms with Crippen LogP contribution in [0, 0.1) is 0 Å². The van der Waals surface area contributed by atoms with Gasteiger partial charge in [0.2, 0.25) is 5.91 Å². The maximum Gasteiger partial charge on any atom is 0.407 e. The first kappa shape index (κ1) is 22.0. The molecule has 0 radical (unpaired) electrons. The van der Waals surface area contributed by atoms with Gasteiger partial charge in [0.15, 0.2) is 0 Å². The van der Waals surface area contributed by atoms with Gasteiger partial charge in [-0.2, -0.15) is 5.10 Å². The molecule has 0 bridgehead atoms. The summed E-state index contributed by atoms with van der Waals surface area (Å²) in [4.78, 5) is 40.2. The van der Waals surface area contributed by atoms with Crippen LogP contribution in [-0.4, -0.2) is 50.5 Å². The van der Waals surface area contributed by atoms with Crippen molar-refractivity contribution in [2.45, 2.75) is 24.9 Å². The summed E-state index contributed by atoms with van der Waals surface area (Å²) in [6.45, 7) is 0.0953. The number of carboxylic acids is 1. The van der Waals surface area contributed by atoms with Gasteiger partial charge in [0.25, 0.3) is 0 Å². The number of aryl methyl sites for hydroxylation is 1. The number of aromatic nitrogens is 3. The SMILES string of the molecule is Cn1ncnc1CNC(=O)C(CC(=O)O)NC(=O)OCC1c2ccccc2-c2ccccc21. The molecule has 3 aromatic rings. The average Bonchev–Trinajstić information content (AvgIpc) is 3.36. The molecular formula is C23H23N5O5. The number of hydrogen-bond acceptors (Lipinski definition) is 6. The van der Waals surface area contributed by atoms with Crippen molar-refractivity contribution < 1.29 is 24.2 Å². The number of nitrogens with one attached hydrogen (secondary N) is 2. The van der Waals surface area contributed by atoms with Gasteiger partial charge < -0.3 is 20.5 Å². The van der Waals surface area contributed by atoms with E-state index >= 15 is 0 Å². The zero-order valence-corrected chi connectivity index (χ0v) is 17.9. The quantitative estimate of drug-likeness (QED) is 0.477. The van der Waals surface area contributed by atoms with Crippen molar-refractivity contribution in [2.24, 2.45) is 7.05 Å². The van der Waals surface area contributed by atoms with Crippen LogP contribution in [0.3, 0.4) is 0 Å². The van der Waals surface area contributed by atoms with Crippen molar-refractivity contribution in [2.75, 3.05) is 6.61 Å². The van der Waals surface area contributed by atoms with E-state index in [9.17, 15) is 14.4 Å². The molecule has 1 aliphatic rings. The predicted octanol–water partition coefficient (Wildman–Crippen LogP) is 1.81. The molecule has 0 saturated carbocycles. The lowest BCUT2D eigenvalue weighted by Gasteiger charge is -2.18. The maximum atomic E-state index is 12.5. The molecule has 0 saturated heterocycles. The monoisotopic (exact) mass is 449 g/mol. The van der Waals surface area contributed by atoms with E-state index in [0.29, 0.717) is 5.82 Å². The average molecular weight is 449 g/mol. The van der Waals surface area contributed by atoms with Gasteiger partial charge in [-0.15, -0.1) is 0 Å². The van der Waals surface area contributed by atoms with E-state index < -0.39 is 30.4 Å². The number of carbonyl (C=O) groups excluding carboxylic acids is 2. The van der Waals surface area contributed by atoms with Gasteiger partial charge in [-0.1, -0.05) is 48.5 Å². The molecule has 1 heterocycles. The van der Waals surface area contributed by atoms with Crippen LogP contribution in [0.15, 0.2) is 54.9 Å². The summed E-state index contributed by atoms with van der Waals surface area (Å²) in [6.07, 6.45) is -0.114. The van der Waals surface area contributed by atoms with Crippen molar-refractivity contribution in [3.8, 4) is 11.1 Å². The van der Waals surface area contributed by atoms with Gasteiger partial charge >= 0.3 is 12.1 Å².